The van der Waals surface area contributed by atoms with Crippen molar-refractivity contribution in [2.24, 2.45) is 0 Å². The highest BCUT2D eigenvalue weighted by Crippen LogP contribution is 2.09. The number of nitrogens with one attached hydrogen (secondary N) is 1. The molecule has 0 aliphatic heterocycles. The lowest BCUT2D eigenvalue weighted by atomic mass is 10.1. The average Bonchev–Trinajstić information content (AvgIpc) is 2.18. The summed E-state index contributed by atoms with van der Waals surface area (Å²) in [5.41, 5.74) is 3.99. The van der Waals surface area contributed by atoms with Gasteiger partial charge in [-0.2, -0.15) is 0 Å². The molecule has 0 spiro atoms. The van der Waals surface area contributed by atoms with Crippen molar-refractivity contribution in [1.82, 2.24) is 5.32 Å². The molecule has 0 saturated carbocycles. The van der Waals surface area contributed by atoms with Crippen molar-refractivity contribution >= 4 is 11.6 Å². The molecule has 0 aromatic heterocycles. The number of aryl methyl sites for hydroxylation is 2. The first-order valence-corrected chi connectivity index (χ1v) is 6.05. The highest BCUT2D eigenvalue weighted by molar-refractivity contribution is 6.18. The number of hydrogen-bond acceptors (Lipinski definition) is 1. The van der Waals surface area contributed by atoms with E-state index >= 15 is 0 Å². The molecule has 1 rings (SSSR count). The Morgan fingerprint density at radius 1 is 1.20 bits per heavy atom. The van der Waals surface area contributed by atoms with Gasteiger partial charge in [-0.3, -0.25) is 0 Å². The van der Waals surface area contributed by atoms with Crippen molar-refractivity contribution in [2.45, 2.75) is 39.8 Å². The van der Waals surface area contributed by atoms with Crippen LogP contribution in [0.15, 0.2) is 18.2 Å². The summed E-state index contributed by atoms with van der Waals surface area (Å²) in [6.07, 6.45) is 1.08. The maximum atomic E-state index is 5.83. The van der Waals surface area contributed by atoms with Gasteiger partial charge in [0.15, 0.2) is 0 Å². The van der Waals surface area contributed by atoms with E-state index in [4.69, 9.17) is 11.6 Å². The smallest absolute Gasteiger partial charge is 0.0377 e. The summed E-state index contributed by atoms with van der Waals surface area (Å²) in [6, 6.07) is 7.07. The molecule has 15 heavy (non-hydrogen) atoms. The molecule has 1 aromatic carbocycles. The second kappa shape index (κ2) is 6.14. The van der Waals surface area contributed by atoms with Crippen molar-refractivity contribution < 1.29 is 0 Å². The summed E-state index contributed by atoms with van der Waals surface area (Å²) in [7, 11) is 0. The lowest BCUT2D eigenvalue weighted by Gasteiger charge is -2.14. The zero-order chi connectivity index (χ0) is 11.3. The van der Waals surface area contributed by atoms with Crippen molar-refractivity contribution in [3.05, 3.63) is 34.9 Å². The molecular formula is C13H20ClN. The summed E-state index contributed by atoms with van der Waals surface area (Å²) < 4.78 is 0. The molecule has 0 heterocycles. The third-order valence-corrected chi connectivity index (χ3v) is 2.93. The molecule has 1 N–H and O–H groups in total. The van der Waals surface area contributed by atoms with Crippen LogP contribution in [0.1, 0.15) is 30.0 Å². The molecule has 0 bridgehead atoms. The monoisotopic (exact) mass is 225 g/mol. The van der Waals surface area contributed by atoms with Crippen molar-refractivity contribution in [3.63, 3.8) is 0 Å². The molecule has 0 aliphatic rings. The van der Waals surface area contributed by atoms with E-state index in [0.29, 0.717) is 11.9 Å². The van der Waals surface area contributed by atoms with Gasteiger partial charge in [-0.1, -0.05) is 36.2 Å². The SMILES string of the molecule is CCC(CCl)NCc1cc(C)cc(C)c1. The van der Waals surface area contributed by atoms with E-state index < -0.39 is 0 Å². The molecule has 0 aliphatic carbocycles. The van der Waals surface area contributed by atoms with Gasteiger partial charge in [-0.15, -0.1) is 11.6 Å². The van der Waals surface area contributed by atoms with E-state index in [9.17, 15) is 0 Å². The van der Waals surface area contributed by atoms with Gasteiger partial charge in [0.25, 0.3) is 0 Å². The number of benzene rings is 1. The first kappa shape index (κ1) is 12.5. The van der Waals surface area contributed by atoms with Gasteiger partial charge in [-0.05, 0) is 25.8 Å². The molecule has 1 atom stereocenters. The lowest BCUT2D eigenvalue weighted by molar-refractivity contribution is 0.538. The van der Waals surface area contributed by atoms with Crippen LogP contribution in [-0.2, 0) is 6.54 Å². The quantitative estimate of drug-likeness (QED) is 0.758. The Bertz CT molecular complexity index is 285. The molecule has 0 radical (unpaired) electrons. The zero-order valence-corrected chi connectivity index (χ0v) is 10.6. The van der Waals surface area contributed by atoms with Crippen LogP contribution in [0.25, 0.3) is 0 Å². The largest absolute Gasteiger partial charge is 0.309 e. The Morgan fingerprint density at radius 2 is 1.80 bits per heavy atom. The summed E-state index contributed by atoms with van der Waals surface area (Å²) in [5.74, 6) is 0.682. The van der Waals surface area contributed by atoms with Crippen molar-refractivity contribution in [3.8, 4) is 0 Å². The van der Waals surface area contributed by atoms with Crippen LogP contribution in [0.5, 0.6) is 0 Å². The zero-order valence-electron chi connectivity index (χ0n) is 9.81. The maximum absolute atomic E-state index is 5.83. The topological polar surface area (TPSA) is 12.0 Å². The van der Waals surface area contributed by atoms with E-state index in [2.05, 4.69) is 44.3 Å². The van der Waals surface area contributed by atoms with Gasteiger partial charge in [0.1, 0.15) is 0 Å². The van der Waals surface area contributed by atoms with Gasteiger partial charge < -0.3 is 5.32 Å². The molecule has 0 fully saturated rings. The van der Waals surface area contributed by atoms with Crippen molar-refractivity contribution in [2.75, 3.05) is 5.88 Å². The fourth-order valence-electron chi connectivity index (χ4n) is 1.74. The van der Waals surface area contributed by atoms with Crippen molar-refractivity contribution in [1.29, 1.82) is 0 Å². The van der Waals surface area contributed by atoms with Crippen LogP contribution in [0.3, 0.4) is 0 Å². The van der Waals surface area contributed by atoms with Gasteiger partial charge in [0, 0.05) is 18.5 Å². The van der Waals surface area contributed by atoms with E-state index in [0.717, 1.165) is 13.0 Å². The fraction of sp³-hybridized carbons (Fsp3) is 0.538. The van der Waals surface area contributed by atoms with Gasteiger partial charge in [0.05, 0.1) is 0 Å². The molecule has 0 amide bonds. The minimum absolute atomic E-state index is 0.424. The highest BCUT2D eigenvalue weighted by Gasteiger charge is 2.03. The first-order chi connectivity index (χ1) is 7.15. The van der Waals surface area contributed by atoms with Crippen LogP contribution < -0.4 is 5.32 Å². The normalized spacial score (nSPS) is 12.8. The minimum atomic E-state index is 0.424. The molecule has 1 aromatic rings. The van der Waals surface area contributed by atoms with Crippen LogP contribution in [0, 0.1) is 13.8 Å². The Morgan fingerprint density at radius 3 is 2.27 bits per heavy atom. The Kier molecular flexibility index (Phi) is 5.13. The van der Waals surface area contributed by atoms with Gasteiger partial charge in [0.2, 0.25) is 0 Å². The second-order valence-corrected chi connectivity index (χ2v) is 4.44. The molecule has 84 valence electrons. The van der Waals surface area contributed by atoms with Crippen LogP contribution in [-0.4, -0.2) is 11.9 Å². The number of alkyl halides is 1. The molecule has 1 unspecified atom stereocenters. The molecule has 0 saturated heterocycles. The van der Waals surface area contributed by atoms with E-state index in [1.807, 2.05) is 0 Å². The highest BCUT2D eigenvalue weighted by atomic mass is 35.5. The first-order valence-electron chi connectivity index (χ1n) is 5.52. The summed E-state index contributed by atoms with van der Waals surface area (Å²) in [5, 5.41) is 3.46. The predicted octanol–water partition coefficient (Wildman–Crippen LogP) is 3.41. The molecule has 1 nitrogen and oxygen atoms in total. The number of hydrogen-bond donors (Lipinski definition) is 1. The Hall–Kier alpha value is -0.530. The third kappa shape index (κ3) is 4.23. The van der Waals surface area contributed by atoms with E-state index in [-0.39, 0.29) is 0 Å². The number of halogens is 1. The number of rotatable bonds is 5. The second-order valence-electron chi connectivity index (χ2n) is 4.14. The van der Waals surface area contributed by atoms with E-state index in [1.54, 1.807) is 0 Å². The molecule has 2 heteroatoms. The van der Waals surface area contributed by atoms with Crippen LogP contribution in [0.2, 0.25) is 0 Å². The molecular weight excluding hydrogens is 206 g/mol. The maximum Gasteiger partial charge on any atom is 0.0377 e. The lowest BCUT2D eigenvalue weighted by Crippen LogP contribution is -2.29. The summed E-state index contributed by atoms with van der Waals surface area (Å²) in [4.78, 5) is 0. The average molecular weight is 226 g/mol. The standard InChI is InChI=1S/C13H20ClN/c1-4-13(8-14)15-9-12-6-10(2)5-11(3)7-12/h5-7,13,15H,4,8-9H2,1-3H3. The third-order valence-electron chi connectivity index (χ3n) is 2.56. The van der Waals surface area contributed by atoms with E-state index in [1.165, 1.54) is 16.7 Å². The minimum Gasteiger partial charge on any atom is -0.309 e. The van der Waals surface area contributed by atoms with Gasteiger partial charge >= 0.3 is 0 Å². The summed E-state index contributed by atoms with van der Waals surface area (Å²) in [6.45, 7) is 7.33. The Balaban J connectivity index is 2.57. The Labute approximate surface area is 97.8 Å². The van der Waals surface area contributed by atoms with Crippen LogP contribution >= 0.6 is 11.6 Å². The fourth-order valence-corrected chi connectivity index (χ4v) is 2.07. The summed E-state index contributed by atoms with van der Waals surface area (Å²) >= 11 is 5.83. The predicted molar refractivity (Wildman–Crippen MR) is 67.6 cm³/mol. The van der Waals surface area contributed by atoms with Crippen LogP contribution in [0.4, 0.5) is 0 Å². The van der Waals surface area contributed by atoms with Gasteiger partial charge in [-0.25, -0.2) is 0 Å².